The predicted molar refractivity (Wildman–Crippen MR) is 98.0 cm³/mol. The lowest BCUT2D eigenvalue weighted by Crippen LogP contribution is -2.40. The number of nitrogens with one attached hydrogen (secondary N) is 1. The van der Waals surface area contributed by atoms with Crippen molar-refractivity contribution in [3.63, 3.8) is 0 Å². The molecule has 0 aliphatic heterocycles. The molecule has 0 fully saturated rings. The fraction of sp³-hybridized carbons (Fsp3) is 0.400. The van der Waals surface area contributed by atoms with Crippen LogP contribution < -0.4 is 5.32 Å². The van der Waals surface area contributed by atoms with E-state index in [1.807, 2.05) is 45.0 Å². The maximum Gasteiger partial charge on any atom is 0.326 e. The summed E-state index contributed by atoms with van der Waals surface area (Å²) in [7, 11) is 0. The highest BCUT2D eigenvalue weighted by Gasteiger charge is 2.24. The third-order valence-electron chi connectivity index (χ3n) is 4.58. The summed E-state index contributed by atoms with van der Waals surface area (Å²) in [6.45, 7) is 7.85. The van der Waals surface area contributed by atoms with Gasteiger partial charge in [-0.1, -0.05) is 43.7 Å². The molecular formula is C20H26N2O3. The van der Waals surface area contributed by atoms with Crippen LogP contribution in [0.25, 0.3) is 0 Å². The fourth-order valence-electron chi connectivity index (χ4n) is 3.27. The molecule has 0 radical (unpaired) electrons. The molecule has 2 N–H and O–H groups in total. The zero-order chi connectivity index (χ0) is 18.6. The van der Waals surface area contributed by atoms with E-state index in [9.17, 15) is 14.7 Å². The lowest BCUT2D eigenvalue weighted by atomic mass is 10.1. The molecule has 0 aliphatic rings. The maximum absolute atomic E-state index is 12.6. The average Bonchev–Trinajstić information content (AvgIpc) is 2.89. The molecule has 0 spiro atoms. The van der Waals surface area contributed by atoms with Crippen molar-refractivity contribution >= 4 is 11.9 Å². The maximum atomic E-state index is 12.6. The molecule has 2 rings (SSSR count). The van der Waals surface area contributed by atoms with Gasteiger partial charge in [0.05, 0.1) is 11.6 Å². The first-order valence-electron chi connectivity index (χ1n) is 8.63. The highest BCUT2D eigenvalue weighted by Crippen LogP contribution is 2.25. The summed E-state index contributed by atoms with van der Waals surface area (Å²) in [5, 5.41) is 11.9. The van der Waals surface area contributed by atoms with Gasteiger partial charge in [0.1, 0.15) is 6.04 Å². The van der Waals surface area contributed by atoms with Crippen molar-refractivity contribution < 1.29 is 14.7 Å². The Morgan fingerprint density at radius 3 is 2.40 bits per heavy atom. The minimum absolute atomic E-state index is 0.0914. The molecule has 2 unspecified atom stereocenters. The molecule has 2 atom stereocenters. The van der Waals surface area contributed by atoms with Gasteiger partial charge in [-0.3, -0.25) is 4.79 Å². The van der Waals surface area contributed by atoms with Crippen molar-refractivity contribution in [3.8, 4) is 0 Å². The molecule has 1 aromatic carbocycles. The normalized spacial score (nSPS) is 13.3. The van der Waals surface area contributed by atoms with Gasteiger partial charge < -0.3 is 15.0 Å². The number of aromatic nitrogens is 1. The smallest absolute Gasteiger partial charge is 0.326 e. The van der Waals surface area contributed by atoms with Crippen LogP contribution in [0.15, 0.2) is 36.4 Å². The quantitative estimate of drug-likeness (QED) is 0.806. The Morgan fingerprint density at radius 2 is 1.84 bits per heavy atom. The van der Waals surface area contributed by atoms with Gasteiger partial charge in [0.25, 0.3) is 5.91 Å². The number of hydrogen-bond donors (Lipinski definition) is 2. The second kappa shape index (κ2) is 8.01. The largest absolute Gasteiger partial charge is 0.480 e. The van der Waals surface area contributed by atoms with E-state index in [4.69, 9.17) is 0 Å². The van der Waals surface area contributed by atoms with Crippen LogP contribution in [-0.2, 0) is 4.79 Å². The Balaban J connectivity index is 2.29. The van der Waals surface area contributed by atoms with E-state index in [1.54, 1.807) is 0 Å². The van der Waals surface area contributed by atoms with Crippen molar-refractivity contribution in [2.24, 2.45) is 0 Å². The van der Waals surface area contributed by atoms with E-state index in [0.29, 0.717) is 18.4 Å². The van der Waals surface area contributed by atoms with Crippen LogP contribution in [0.3, 0.4) is 0 Å². The number of nitrogens with zero attached hydrogens (tertiary/aromatic N) is 1. The lowest BCUT2D eigenvalue weighted by molar-refractivity contribution is -0.139. The standard InChI is InChI=1S/C20H26N2O3/c1-5-9-18(20(24)25)21-19(23)17-12-13(2)22(15(17)4)14(3)16-10-7-6-8-11-16/h6-8,10-12,14,18H,5,9H2,1-4H3,(H,21,23)(H,24,25). The summed E-state index contributed by atoms with van der Waals surface area (Å²) >= 11 is 0. The first-order valence-corrected chi connectivity index (χ1v) is 8.63. The summed E-state index contributed by atoms with van der Waals surface area (Å²) in [6, 6.07) is 11.2. The van der Waals surface area contributed by atoms with Gasteiger partial charge in [-0.05, 0) is 38.8 Å². The number of aryl methyl sites for hydroxylation is 1. The summed E-state index contributed by atoms with van der Waals surface area (Å²) < 4.78 is 2.11. The van der Waals surface area contributed by atoms with E-state index in [1.165, 1.54) is 0 Å². The molecule has 1 aromatic heterocycles. The minimum Gasteiger partial charge on any atom is -0.480 e. The summed E-state index contributed by atoms with van der Waals surface area (Å²) in [5.74, 6) is -1.33. The molecule has 5 nitrogen and oxygen atoms in total. The molecule has 1 amide bonds. The molecule has 5 heteroatoms. The van der Waals surface area contributed by atoms with Crippen molar-refractivity contribution in [3.05, 3.63) is 58.9 Å². The number of amides is 1. The molecule has 0 saturated carbocycles. The Morgan fingerprint density at radius 1 is 1.20 bits per heavy atom. The van der Waals surface area contributed by atoms with Crippen LogP contribution in [0, 0.1) is 13.8 Å². The first-order chi connectivity index (χ1) is 11.9. The topological polar surface area (TPSA) is 71.3 Å². The van der Waals surface area contributed by atoms with Gasteiger partial charge >= 0.3 is 5.97 Å². The van der Waals surface area contributed by atoms with Crippen LogP contribution in [0.5, 0.6) is 0 Å². The van der Waals surface area contributed by atoms with Crippen molar-refractivity contribution in [2.75, 3.05) is 0 Å². The van der Waals surface area contributed by atoms with Crippen molar-refractivity contribution in [2.45, 2.75) is 52.6 Å². The number of aliphatic carboxylic acids is 1. The third kappa shape index (κ3) is 4.10. The Bertz CT molecular complexity index is 750. The number of rotatable bonds is 7. The Hall–Kier alpha value is -2.56. The second-order valence-electron chi connectivity index (χ2n) is 6.39. The zero-order valence-corrected chi connectivity index (χ0v) is 15.2. The SMILES string of the molecule is CCCC(NC(=O)c1cc(C)n(C(C)c2ccccc2)c1C)C(=O)O. The Kier molecular flexibility index (Phi) is 6.02. The zero-order valence-electron chi connectivity index (χ0n) is 15.2. The molecule has 0 saturated heterocycles. The number of carboxylic acids is 1. The van der Waals surface area contributed by atoms with Crippen molar-refractivity contribution in [1.82, 2.24) is 9.88 Å². The van der Waals surface area contributed by atoms with Gasteiger partial charge in [0.15, 0.2) is 0 Å². The van der Waals surface area contributed by atoms with Crippen molar-refractivity contribution in [1.29, 1.82) is 0 Å². The lowest BCUT2D eigenvalue weighted by Gasteiger charge is -2.19. The summed E-state index contributed by atoms with van der Waals surface area (Å²) in [4.78, 5) is 23.9. The monoisotopic (exact) mass is 342 g/mol. The van der Waals surface area contributed by atoms with Gasteiger partial charge in [0.2, 0.25) is 0 Å². The van der Waals surface area contributed by atoms with E-state index in [0.717, 1.165) is 17.0 Å². The number of carboxylic acid groups (broad SMARTS) is 1. The minimum atomic E-state index is -0.998. The number of carbonyl (C=O) groups is 2. The first kappa shape index (κ1) is 18.8. The molecule has 2 aromatic rings. The number of hydrogen-bond acceptors (Lipinski definition) is 2. The Labute approximate surface area is 148 Å². The summed E-state index contributed by atoms with van der Waals surface area (Å²) in [5.41, 5.74) is 3.50. The van der Waals surface area contributed by atoms with Crippen LogP contribution in [-0.4, -0.2) is 27.6 Å². The number of benzene rings is 1. The van der Waals surface area contributed by atoms with E-state index >= 15 is 0 Å². The highest BCUT2D eigenvalue weighted by molar-refractivity contribution is 5.97. The average molecular weight is 342 g/mol. The molecule has 0 bridgehead atoms. The van der Waals surface area contributed by atoms with Crippen LogP contribution in [0.2, 0.25) is 0 Å². The van der Waals surface area contributed by atoms with E-state index in [-0.39, 0.29) is 11.9 Å². The molecule has 0 aliphatic carbocycles. The van der Waals surface area contributed by atoms with Gasteiger partial charge in [-0.2, -0.15) is 0 Å². The van der Waals surface area contributed by atoms with Gasteiger partial charge in [0, 0.05) is 11.4 Å². The molecular weight excluding hydrogens is 316 g/mol. The van der Waals surface area contributed by atoms with Crippen LogP contribution in [0.4, 0.5) is 0 Å². The highest BCUT2D eigenvalue weighted by atomic mass is 16.4. The van der Waals surface area contributed by atoms with Gasteiger partial charge in [-0.15, -0.1) is 0 Å². The van der Waals surface area contributed by atoms with Crippen LogP contribution >= 0.6 is 0 Å². The molecule has 25 heavy (non-hydrogen) atoms. The third-order valence-corrected chi connectivity index (χ3v) is 4.58. The van der Waals surface area contributed by atoms with E-state index < -0.39 is 12.0 Å². The predicted octanol–water partition coefficient (Wildman–Crippen LogP) is 3.70. The van der Waals surface area contributed by atoms with Crippen LogP contribution in [0.1, 0.15) is 60.0 Å². The molecule has 1 heterocycles. The second-order valence-corrected chi connectivity index (χ2v) is 6.39. The number of carbonyl (C=O) groups excluding carboxylic acids is 1. The fourth-order valence-corrected chi connectivity index (χ4v) is 3.27. The van der Waals surface area contributed by atoms with Gasteiger partial charge in [-0.25, -0.2) is 4.79 Å². The molecule has 134 valence electrons. The summed E-state index contributed by atoms with van der Waals surface area (Å²) in [6.07, 6.45) is 1.11. The van der Waals surface area contributed by atoms with E-state index in [2.05, 4.69) is 28.9 Å².